The van der Waals surface area contributed by atoms with Gasteiger partial charge in [0.1, 0.15) is 0 Å². The number of pyridine rings is 1. The normalized spacial score (nSPS) is 24.9. The van der Waals surface area contributed by atoms with Crippen molar-refractivity contribution in [3.63, 3.8) is 0 Å². The summed E-state index contributed by atoms with van der Waals surface area (Å²) in [5, 5.41) is 3.69. The quantitative estimate of drug-likeness (QED) is 0.864. The summed E-state index contributed by atoms with van der Waals surface area (Å²) in [6.45, 7) is 7.54. The third kappa shape index (κ3) is 3.53. The molecule has 0 amide bonds. The Labute approximate surface area is 105 Å². The topological polar surface area (TPSA) is 24.9 Å². The average Bonchev–Trinajstić information content (AvgIpc) is 2.32. The van der Waals surface area contributed by atoms with Gasteiger partial charge in [-0.15, -0.1) is 0 Å². The molecule has 0 saturated heterocycles. The number of aromatic nitrogens is 1. The van der Waals surface area contributed by atoms with Crippen molar-refractivity contribution in [1.29, 1.82) is 0 Å². The fourth-order valence-electron chi connectivity index (χ4n) is 2.60. The van der Waals surface area contributed by atoms with Gasteiger partial charge in [0, 0.05) is 24.5 Å². The van der Waals surface area contributed by atoms with Crippen LogP contribution in [0.2, 0.25) is 0 Å². The van der Waals surface area contributed by atoms with Gasteiger partial charge in [0.2, 0.25) is 0 Å². The molecule has 1 aromatic rings. The lowest BCUT2D eigenvalue weighted by Gasteiger charge is -2.27. The molecule has 2 rings (SSSR count). The molecule has 0 atom stereocenters. The van der Waals surface area contributed by atoms with E-state index in [0.29, 0.717) is 6.04 Å². The molecule has 1 aromatic heterocycles. The van der Waals surface area contributed by atoms with Crippen molar-refractivity contribution in [1.82, 2.24) is 10.3 Å². The molecule has 1 N–H and O–H groups in total. The van der Waals surface area contributed by atoms with Crippen LogP contribution in [0.4, 0.5) is 0 Å². The standard InChI is InChI=1S/C15H24N2/c1-11-4-6-15(7-5-11)17-10-14-8-12(2)9-16-13(14)3/h8-9,11,15,17H,4-7,10H2,1-3H3. The van der Waals surface area contributed by atoms with Crippen molar-refractivity contribution < 1.29 is 0 Å². The van der Waals surface area contributed by atoms with Crippen molar-refractivity contribution >= 4 is 0 Å². The molecule has 0 aliphatic heterocycles. The minimum atomic E-state index is 0.714. The predicted molar refractivity (Wildman–Crippen MR) is 72.0 cm³/mol. The highest BCUT2D eigenvalue weighted by molar-refractivity contribution is 5.23. The van der Waals surface area contributed by atoms with Gasteiger partial charge in [-0.3, -0.25) is 4.98 Å². The molecular formula is C15H24N2. The third-order valence-electron chi connectivity index (χ3n) is 3.93. The van der Waals surface area contributed by atoms with Crippen LogP contribution in [0, 0.1) is 19.8 Å². The van der Waals surface area contributed by atoms with Gasteiger partial charge in [0.05, 0.1) is 0 Å². The van der Waals surface area contributed by atoms with Gasteiger partial charge in [0.25, 0.3) is 0 Å². The van der Waals surface area contributed by atoms with Gasteiger partial charge < -0.3 is 5.32 Å². The monoisotopic (exact) mass is 232 g/mol. The lowest BCUT2D eigenvalue weighted by Crippen LogP contribution is -2.32. The van der Waals surface area contributed by atoms with Crippen molar-refractivity contribution in [3.8, 4) is 0 Å². The van der Waals surface area contributed by atoms with Crippen molar-refractivity contribution in [3.05, 3.63) is 29.1 Å². The van der Waals surface area contributed by atoms with E-state index in [9.17, 15) is 0 Å². The molecule has 94 valence electrons. The Morgan fingerprint density at radius 3 is 2.65 bits per heavy atom. The molecular weight excluding hydrogens is 208 g/mol. The van der Waals surface area contributed by atoms with E-state index in [4.69, 9.17) is 0 Å². The molecule has 0 spiro atoms. The van der Waals surface area contributed by atoms with E-state index in [2.05, 4.69) is 37.1 Å². The maximum absolute atomic E-state index is 4.41. The number of rotatable bonds is 3. The summed E-state index contributed by atoms with van der Waals surface area (Å²) in [5.74, 6) is 0.926. The summed E-state index contributed by atoms with van der Waals surface area (Å²) >= 11 is 0. The molecule has 2 heteroatoms. The van der Waals surface area contributed by atoms with E-state index in [-0.39, 0.29) is 0 Å². The fraction of sp³-hybridized carbons (Fsp3) is 0.667. The number of hydrogen-bond donors (Lipinski definition) is 1. The van der Waals surface area contributed by atoms with E-state index in [0.717, 1.165) is 18.2 Å². The second-order valence-corrected chi connectivity index (χ2v) is 5.59. The second-order valence-electron chi connectivity index (χ2n) is 5.59. The molecule has 1 aliphatic rings. The van der Waals surface area contributed by atoms with Crippen LogP contribution in [0.15, 0.2) is 12.3 Å². The number of aryl methyl sites for hydroxylation is 2. The molecule has 0 radical (unpaired) electrons. The molecule has 1 fully saturated rings. The zero-order valence-electron chi connectivity index (χ0n) is 11.3. The van der Waals surface area contributed by atoms with Crippen LogP contribution >= 0.6 is 0 Å². The van der Waals surface area contributed by atoms with Crippen LogP contribution in [-0.2, 0) is 6.54 Å². The Hall–Kier alpha value is -0.890. The largest absolute Gasteiger partial charge is 0.310 e. The first kappa shape index (κ1) is 12.6. The van der Waals surface area contributed by atoms with Gasteiger partial charge in [-0.1, -0.05) is 13.0 Å². The maximum atomic E-state index is 4.41. The van der Waals surface area contributed by atoms with Gasteiger partial charge in [-0.05, 0) is 56.6 Å². The van der Waals surface area contributed by atoms with E-state index >= 15 is 0 Å². The molecule has 17 heavy (non-hydrogen) atoms. The van der Waals surface area contributed by atoms with Gasteiger partial charge in [-0.25, -0.2) is 0 Å². The van der Waals surface area contributed by atoms with E-state index < -0.39 is 0 Å². The highest BCUT2D eigenvalue weighted by atomic mass is 14.9. The Morgan fingerprint density at radius 1 is 1.24 bits per heavy atom. The molecule has 0 aromatic carbocycles. The minimum absolute atomic E-state index is 0.714. The fourth-order valence-corrected chi connectivity index (χ4v) is 2.60. The smallest absolute Gasteiger partial charge is 0.0417 e. The molecule has 0 bridgehead atoms. The predicted octanol–water partition coefficient (Wildman–Crippen LogP) is 3.37. The summed E-state index contributed by atoms with van der Waals surface area (Å²) in [6, 6.07) is 2.96. The highest BCUT2D eigenvalue weighted by Crippen LogP contribution is 2.23. The molecule has 0 unspecified atom stereocenters. The average molecular weight is 232 g/mol. The van der Waals surface area contributed by atoms with Gasteiger partial charge in [0.15, 0.2) is 0 Å². The van der Waals surface area contributed by atoms with E-state index in [1.54, 1.807) is 0 Å². The van der Waals surface area contributed by atoms with Crippen LogP contribution in [0.1, 0.15) is 49.4 Å². The Balaban J connectivity index is 1.87. The first-order chi connectivity index (χ1) is 8.15. The van der Waals surface area contributed by atoms with E-state index in [1.807, 2.05) is 6.20 Å². The summed E-state index contributed by atoms with van der Waals surface area (Å²) in [5.41, 5.74) is 3.76. The summed E-state index contributed by atoms with van der Waals surface area (Å²) in [4.78, 5) is 4.41. The van der Waals surface area contributed by atoms with E-state index in [1.165, 1.54) is 36.8 Å². The Morgan fingerprint density at radius 2 is 1.94 bits per heavy atom. The summed E-state index contributed by atoms with van der Waals surface area (Å²) in [7, 11) is 0. The van der Waals surface area contributed by atoms with Crippen molar-refractivity contribution in [2.24, 2.45) is 5.92 Å². The van der Waals surface area contributed by atoms with Gasteiger partial charge in [-0.2, -0.15) is 0 Å². The third-order valence-corrected chi connectivity index (χ3v) is 3.93. The highest BCUT2D eigenvalue weighted by Gasteiger charge is 2.17. The zero-order chi connectivity index (χ0) is 12.3. The van der Waals surface area contributed by atoms with Crippen molar-refractivity contribution in [2.75, 3.05) is 0 Å². The maximum Gasteiger partial charge on any atom is 0.0417 e. The Bertz CT molecular complexity index is 365. The minimum Gasteiger partial charge on any atom is -0.310 e. The molecule has 2 nitrogen and oxygen atoms in total. The van der Waals surface area contributed by atoms with Crippen LogP contribution in [0.25, 0.3) is 0 Å². The zero-order valence-corrected chi connectivity index (χ0v) is 11.3. The first-order valence-corrected chi connectivity index (χ1v) is 6.80. The molecule has 1 heterocycles. The van der Waals surface area contributed by atoms with Crippen molar-refractivity contribution in [2.45, 2.75) is 59.0 Å². The summed E-state index contributed by atoms with van der Waals surface area (Å²) in [6.07, 6.45) is 7.37. The Kier molecular flexibility index (Phi) is 4.16. The van der Waals surface area contributed by atoms with Crippen LogP contribution in [0.5, 0.6) is 0 Å². The van der Waals surface area contributed by atoms with Gasteiger partial charge >= 0.3 is 0 Å². The first-order valence-electron chi connectivity index (χ1n) is 6.80. The lowest BCUT2D eigenvalue weighted by atomic mass is 9.87. The van der Waals surface area contributed by atoms with Crippen LogP contribution < -0.4 is 5.32 Å². The molecule has 1 saturated carbocycles. The number of nitrogens with zero attached hydrogens (tertiary/aromatic N) is 1. The SMILES string of the molecule is Cc1cnc(C)c(CNC2CCC(C)CC2)c1. The molecule has 1 aliphatic carbocycles. The number of hydrogen-bond acceptors (Lipinski definition) is 2. The second kappa shape index (κ2) is 5.63. The lowest BCUT2D eigenvalue weighted by molar-refractivity contribution is 0.306. The van der Waals surface area contributed by atoms with Crippen LogP contribution in [0.3, 0.4) is 0 Å². The van der Waals surface area contributed by atoms with Crippen LogP contribution in [-0.4, -0.2) is 11.0 Å². The number of nitrogens with one attached hydrogen (secondary N) is 1. The summed E-state index contributed by atoms with van der Waals surface area (Å²) < 4.78 is 0.